The molecular weight excluding hydrogens is 440 g/mol. The molecule has 0 spiro atoms. The summed E-state index contributed by atoms with van der Waals surface area (Å²) >= 11 is 0. The minimum Gasteiger partial charge on any atom is -0.481 e. The second-order valence-corrected chi connectivity index (χ2v) is 8.00. The van der Waals surface area contributed by atoms with Gasteiger partial charge in [-0.3, -0.25) is 9.59 Å². The summed E-state index contributed by atoms with van der Waals surface area (Å²) in [5.74, 6) is -1.72. The van der Waals surface area contributed by atoms with Crippen molar-refractivity contribution < 1.29 is 34.1 Å². The van der Waals surface area contributed by atoms with E-state index in [1.165, 1.54) is 12.0 Å². The topological polar surface area (TPSA) is 125 Å². The van der Waals surface area contributed by atoms with Gasteiger partial charge < -0.3 is 29.9 Å². The number of carboxylic acids is 1. The highest BCUT2D eigenvalue weighted by molar-refractivity contribution is 5.86. The minimum absolute atomic E-state index is 0.0398. The smallest absolute Gasteiger partial charge is 0.407 e. The van der Waals surface area contributed by atoms with Crippen LogP contribution in [-0.2, 0) is 19.1 Å². The minimum atomic E-state index is -1.10. The monoisotopic (exact) mass is 470 g/mol. The van der Waals surface area contributed by atoms with Crippen LogP contribution >= 0.6 is 0 Å². The number of aliphatic hydroxyl groups is 1. The van der Waals surface area contributed by atoms with Crippen LogP contribution in [0.1, 0.15) is 29.9 Å². The number of hydrogen-bond donors (Lipinski definition) is 3. The molecule has 9 nitrogen and oxygen atoms in total. The lowest BCUT2D eigenvalue weighted by molar-refractivity contribution is -0.138. The van der Waals surface area contributed by atoms with Crippen molar-refractivity contribution in [1.82, 2.24) is 10.2 Å². The van der Waals surface area contributed by atoms with Crippen molar-refractivity contribution in [3.63, 3.8) is 0 Å². The number of benzene rings is 2. The normalized spacial score (nSPS) is 13.0. The van der Waals surface area contributed by atoms with E-state index in [0.29, 0.717) is 0 Å². The Morgan fingerprint density at radius 1 is 1.03 bits per heavy atom. The van der Waals surface area contributed by atoms with E-state index in [2.05, 4.69) is 5.32 Å². The Morgan fingerprint density at radius 2 is 1.65 bits per heavy atom. The fourth-order valence-corrected chi connectivity index (χ4v) is 4.18. The highest BCUT2D eigenvalue weighted by atomic mass is 16.5. The molecule has 9 heteroatoms. The van der Waals surface area contributed by atoms with E-state index >= 15 is 0 Å². The molecule has 0 heterocycles. The number of amides is 2. The zero-order chi connectivity index (χ0) is 24.5. The lowest BCUT2D eigenvalue weighted by atomic mass is 9.98. The zero-order valence-corrected chi connectivity index (χ0v) is 19.1. The zero-order valence-electron chi connectivity index (χ0n) is 19.1. The van der Waals surface area contributed by atoms with Crippen molar-refractivity contribution >= 4 is 18.0 Å². The maximum atomic E-state index is 13.0. The Kier molecular flexibility index (Phi) is 9.00. The average Bonchev–Trinajstić information content (AvgIpc) is 3.16. The number of carbonyl (C=O) groups excluding carboxylic acids is 2. The second-order valence-electron chi connectivity index (χ2n) is 8.00. The number of rotatable bonds is 12. The van der Waals surface area contributed by atoms with Crippen LogP contribution in [-0.4, -0.2) is 79.1 Å². The lowest BCUT2D eigenvalue weighted by Gasteiger charge is -2.27. The van der Waals surface area contributed by atoms with Crippen LogP contribution in [0, 0.1) is 0 Å². The number of nitrogens with zero attached hydrogens (tertiary/aromatic N) is 1. The molecular formula is C25H30N2O7. The molecule has 34 heavy (non-hydrogen) atoms. The number of alkyl carbamates (subject to hydrolysis) is 1. The van der Waals surface area contributed by atoms with Gasteiger partial charge in [-0.2, -0.15) is 0 Å². The summed E-state index contributed by atoms with van der Waals surface area (Å²) in [7, 11) is 1.48. The van der Waals surface area contributed by atoms with Crippen molar-refractivity contribution in [2.75, 3.05) is 40.0 Å². The third-order valence-corrected chi connectivity index (χ3v) is 5.83. The van der Waals surface area contributed by atoms with Gasteiger partial charge in [-0.15, -0.1) is 0 Å². The molecule has 0 aliphatic heterocycles. The van der Waals surface area contributed by atoms with Gasteiger partial charge in [0.2, 0.25) is 5.91 Å². The standard InChI is InChI=1S/C25H30N2O7/c1-33-15-13-27(12-14-28)24(31)22(10-11-23(29)30)26-25(32)34-16-21-19-8-4-2-6-17(19)18-7-3-5-9-20(18)21/h2-9,21-22,28H,10-16H2,1H3,(H,26,32)(H,29,30). The quantitative estimate of drug-likeness (QED) is 0.434. The Morgan fingerprint density at radius 3 is 2.21 bits per heavy atom. The van der Waals surface area contributed by atoms with Crippen LogP contribution in [0.2, 0.25) is 0 Å². The number of nitrogens with one attached hydrogen (secondary N) is 1. The molecule has 2 amide bonds. The largest absolute Gasteiger partial charge is 0.481 e. The van der Waals surface area contributed by atoms with Gasteiger partial charge in [0, 0.05) is 32.5 Å². The third-order valence-electron chi connectivity index (χ3n) is 5.83. The van der Waals surface area contributed by atoms with E-state index in [4.69, 9.17) is 14.6 Å². The van der Waals surface area contributed by atoms with Crippen LogP contribution in [0.25, 0.3) is 11.1 Å². The van der Waals surface area contributed by atoms with Gasteiger partial charge in [-0.25, -0.2) is 4.79 Å². The van der Waals surface area contributed by atoms with Crippen molar-refractivity contribution in [3.05, 3.63) is 59.7 Å². The number of ether oxygens (including phenoxy) is 2. The molecule has 3 rings (SSSR count). The molecule has 0 fully saturated rings. The van der Waals surface area contributed by atoms with E-state index in [9.17, 15) is 19.5 Å². The molecule has 0 bridgehead atoms. The molecule has 1 atom stereocenters. The molecule has 1 aliphatic rings. The summed E-state index contributed by atoms with van der Waals surface area (Å²) in [6.07, 6.45) is -1.22. The number of carbonyl (C=O) groups is 3. The van der Waals surface area contributed by atoms with Gasteiger partial charge in [-0.05, 0) is 28.7 Å². The summed E-state index contributed by atoms with van der Waals surface area (Å²) in [4.78, 5) is 38.0. The summed E-state index contributed by atoms with van der Waals surface area (Å²) in [5, 5.41) is 20.9. The first kappa shape index (κ1) is 25.2. The molecule has 0 radical (unpaired) electrons. The molecule has 0 saturated carbocycles. The van der Waals surface area contributed by atoms with Gasteiger partial charge >= 0.3 is 12.1 Å². The van der Waals surface area contributed by atoms with E-state index in [-0.39, 0.29) is 51.7 Å². The van der Waals surface area contributed by atoms with Gasteiger partial charge in [0.05, 0.1) is 13.2 Å². The summed E-state index contributed by atoms with van der Waals surface area (Å²) in [6.45, 7) is 0.280. The van der Waals surface area contributed by atoms with E-state index in [1.807, 2.05) is 48.5 Å². The first-order valence-corrected chi connectivity index (χ1v) is 11.2. The maximum Gasteiger partial charge on any atom is 0.407 e. The first-order chi connectivity index (χ1) is 16.5. The molecule has 0 saturated heterocycles. The summed E-state index contributed by atoms with van der Waals surface area (Å²) in [6, 6.07) is 14.8. The van der Waals surface area contributed by atoms with Crippen LogP contribution in [0.15, 0.2) is 48.5 Å². The molecule has 1 aliphatic carbocycles. The molecule has 2 aromatic rings. The molecule has 3 N–H and O–H groups in total. The highest BCUT2D eigenvalue weighted by Crippen LogP contribution is 2.44. The predicted molar refractivity (Wildman–Crippen MR) is 124 cm³/mol. The summed E-state index contributed by atoms with van der Waals surface area (Å²) < 4.78 is 10.5. The number of carboxylic acid groups (broad SMARTS) is 1. The van der Waals surface area contributed by atoms with Crippen molar-refractivity contribution in [2.24, 2.45) is 0 Å². The molecule has 0 aromatic heterocycles. The number of fused-ring (bicyclic) bond motifs is 3. The number of aliphatic hydroxyl groups excluding tert-OH is 1. The Labute approximate surface area is 198 Å². The van der Waals surface area contributed by atoms with Gasteiger partial charge in [0.25, 0.3) is 0 Å². The SMILES string of the molecule is COCCN(CCO)C(=O)C(CCC(=O)O)NC(=O)OCC1c2ccccc2-c2ccccc21. The Bertz CT molecular complexity index is 965. The van der Waals surface area contributed by atoms with Crippen LogP contribution < -0.4 is 5.32 Å². The highest BCUT2D eigenvalue weighted by Gasteiger charge is 2.30. The second kappa shape index (κ2) is 12.2. The molecule has 1 unspecified atom stereocenters. The number of hydrogen-bond acceptors (Lipinski definition) is 6. The molecule has 182 valence electrons. The lowest BCUT2D eigenvalue weighted by Crippen LogP contribution is -2.50. The van der Waals surface area contributed by atoms with E-state index in [0.717, 1.165) is 22.3 Å². The van der Waals surface area contributed by atoms with Gasteiger partial charge in [-0.1, -0.05) is 48.5 Å². The van der Waals surface area contributed by atoms with Gasteiger partial charge in [0.15, 0.2) is 0 Å². The number of aliphatic carboxylic acids is 1. The fraction of sp³-hybridized carbons (Fsp3) is 0.400. The van der Waals surface area contributed by atoms with Crippen LogP contribution in [0.4, 0.5) is 4.79 Å². The summed E-state index contributed by atoms with van der Waals surface area (Å²) in [5.41, 5.74) is 4.31. The van der Waals surface area contributed by atoms with Crippen molar-refractivity contribution in [1.29, 1.82) is 0 Å². The van der Waals surface area contributed by atoms with E-state index in [1.54, 1.807) is 0 Å². The Balaban J connectivity index is 1.68. The first-order valence-electron chi connectivity index (χ1n) is 11.2. The predicted octanol–water partition coefficient (Wildman–Crippen LogP) is 2.23. The molecule has 2 aromatic carbocycles. The van der Waals surface area contributed by atoms with Crippen LogP contribution in [0.3, 0.4) is 0 Å². The van der Waals surface area contributed by atoms with Crippen LogP contribution in [0.5, 0.6) is 0 Å². The maximum absolute atomic E-state index is 13.0. The van der Waals surface area contributed by atoms with Crippen molar-refractivity contribution in [3.8, 4) is 11.1 Å². The third kappa shape index (κ3) is 6.12. The van der Waals surface area contributed by atoms with E-state index < -0.39 is 24.0 Å². The van der Waals surface area contributed by atoms with Crippen molar-refractivity contribution in [2.45, 2.75) is 24.8 Å². The average molecular weight is 471 g/mol. The Hall–Kier alpha value is -3.43. The fourth-order valence-electron chi connectivity index (χ4n) is 4.18. The number of methoxy groups -OCH3 is 1. The van der Waals surface area contributed by atoms with Gasteiger partial charge in [0.1, 0.15) is 12.6 Å².